The molecule has 68 valence electrons. The van der Waals surface area contributed by atoms with Gasteiger partial charge in [-0.05, 0) is 18.2 Å². The van der Waals surface area contributed by atoms with Gasteiger partial charge in [0.2, 0.25) is 5.85 Å². The van der Waals surface area contributed by atoms with Crippen LogP contribution in [0.2, 0.25) is 0 Å². The molecular formula is C9H10N2O2. The number of furan rings is 1. The first-order valence-corrected chi connectivity index (χ1v) is 3.98. The van der Waals surface area contributed by atoms with Gasteiger partial charge < -0.3 is 14.8 Å². The van der Waals surface area contributed by atoms with Crippen LogP contribution in [-0.2, 0) is 0 Å². The number of allylic oxidation sites excluding steroid dienone is 1. The molecule has 0 saturated carbocycles. The molecule has 0 aliphatic carbocycles. The van der Waals surface area contributed by atoms with Crippen molar-refractivity contribution in [1.29, 1.82) is 0 Å². The number of nitrogens with zero attached hydrogens (tertiary/aromatic N) is 1. The molecule has 0 saturated heterocycles. The van der Waals surface area contributed by atoms with Gasteiger partial charge in [0.05, 0.1) is 6.26 Å². The Morgan fingerprint density at radius 2 is 2.46 bits per heavy atom. The molecule has 2 heterocycles. The van der Waals surface area contributed by atoms with Gasteiger partial charge in [-0.1, -0.05) is 0 Å². The fourth-order valence-corrected chi connectivity index (χ4v) is 1.14. The van der Waals surface area contributed by atoms with Gasteiger partial charge >= 0.3 is 0 Å². The molecule has 0 bridgehead atoms. The maximum Gasteiger partial charge on any atom is 0.231 e. The number of hydrogen-bond donors (Lipinski definition) is 2. The predicted octanol–water partition coefficient (Wildman–Crippen LogP) is 0.852. The molecule has 0 amide bonds. The van der Waals surface area contributed by atoms with E-state index in [-0.39, 0.29) is 0 Å². The lowest BCUT2D eigenvalue weighted by Crippen LogP contribution is -2.39. The number of aliphatic imine (C=N–C) groups is 1. The van der Waals surface area contributed by atoms with Crippen molar-refractivity contribution in [2.24, 2.45) is 4.99 Å². The van der Waals surface area contributed by atoms with Crippen LogP contribution in [0.3, 0.4) is 0 Å². The highest BCUT2D eigenvalue weighted by atomic mass is 16.3. The van der Waals surface area contributed by atoms with Crippen LogP contribution in [0, 0.1) is 0 Å². The SMILES string of the molecule is CC1(O)N=C(c2ccco2)C=CN1. The molecule has 0 fully saturated rings. The van der Waals surface area contributed by atoms with E-state index in [9.17, 15) is 5.11 Å². The minimum atomic E-state index is -1.24. The summed E-state index contributed by atoms with van der Waals surface area (Å²) in [6.45, 7) is 1.57. The maximum atomic E-state index is 9.55. The van der Waals surface area contributed by atoms with Crippen LogP contribution >= 0.6 is 0 Å². The Balaban J connectivity index is 2.35. The third kappa shape index (κ3) is 1.62. The molecule has 1 aliphatic heterocycles. The minimum Gasteiger partial charge on any atom is -0.463 e. The molecule has 1 unspecified atom stereocenters. The second kappa shape index (κ2) is 2.74. The number of hydrogen-bond acceptors (Lipinski definition) is 4. The lowest BCUT2D eigenvalue weighted by molar-refractivity contribution is 0.0467. The summed E-state index contributed by atoms with van der Waals surface area (Å²) in [5.41, 5.74) is 0.633. The van der Waals surface area contributed by atoms with Crippen molar-refractivity contribution < 1.29 is 9.52 Å². The van der Waals surface area contributed by atoms with E-state index in [1.54, 1.807) is 37.6 Å². The highest BCUT2D eigenvalue weighted by Gasteiger charge is 2.21. The second-order valence-corrected chi connectivity index (χ2v) is 2.97. The summed E-state index contributed by atoms with van der Waals surface area (Å²) in [6, 6.07) is 3.58. The fraction of sp³-hybridized carbons (Fsp3) is 0.222. The van der Waals surface area contributed by atoms with E-state index in [0.29, 0.717) is 11.5 Å². The van der Waals surface area contributed by atoms with E-state index in [2.05, 4.69) is 10.3 Å². The van der Waals surface area contributed by atoms with Gasteiger partial charge in [-0.2, -0.15) is 0 Å². The van der Waals surface area contributed by atoms with Crippen molar-refractivity contribution in [2.75, 3.05) is 0 Å². The summed E-state index contributed by atoms with van der Waals surface area (Å²) in [6.07, 6.45) is 4.96. The first-order chi connectivity index (χ1) is 6.17. The first kappa shape index (κ1) is 8.07. The quantitative estimate of drug-likeness (QED) is 0.670. The lowest BCUT2D eigenvalue weighted by Gasteiger charge is -2.22. The summed E-state index contributed by atoms with van der Waals surface area (Å²) >= 11 is 0. The summed E-state index contributed by atoms with van der Waals surface area (Å²) in [5.74, 6) is -0.588. The smallest absolute Gasteiger partial charge is 0.231 e. The van der Waals surface area contributed by atoms with Crippen LogP contribution in [0.25, 0.3) is 0 Å². The van der Waals surface area contributed by atoms with E-state index in [4.69, 9.17) is 4.42 Å². The average Bonchev–Trinajstić information content (AvgIpc) is 2.53. The molecule has 2 rings (SSSR count). The molecule has 1 aromatic rings. The van der Waals surface area contributed by atoms with Crippen LogP contribution < -0.4 is 5.32 Å². The Morgan fingerprint density at radius 1 is 1.62 bits per heavy atom. The van der Waals surface area contributed by atoms with Crippen molar-refractivity contribution in [1.82, 2.24) is 5.32 Å². The molecule has 0 aromatic carbocycles. The van der Waals surface area contributed by atoms with E-state index < -0.39 is 5.85 Å². The molecule has 0 radical (unpaired) electrons. The van der Waals surface area contributed by atoms with Gasteiger partial charge in [0, 0.05) is 13.1 Å². The minimum absolute atomic E-state index is 0.633. The largest absolute Gasteiger partial charge is 0.463 e. The van der Waals surface area contributed by atoms with Crippen LogP contribution in [0.1, 0.15) is 12.7 Å². The third-order valence-electron chi connectivity index (χ3n) is 1.71. The van der Waals surface area contributed by atoms with E-state index in [0.717, 1.165) is 0 Å². The van der Waals surface area contributed by atoms with Crippen LogP contribution in [-0.4, -0.2) is 16.7 Å². The summed E-state index contributed by atoms with van der Waals surface area (Å²) in [5, 5.41) is 12.2. The highest BCUT2D eigenvalue weighted by molar-refractivity contribution is 6.07. The molecule has 4 nitrogen and oxygen atoms in total. The topological polar surface area (TPSA) is 57.8 Å². The average molecular weight is 178 g/mol. The molecule has 2 N–H and O–H groups in total. The normalized spacial score (nSPS) is 26.8. The predicted molar refractivity (Wildman–Crippen MR) is 48.1 cm³/mol. The zero-order valence-corrected chi connectivity index (χ0v) is 7.19. The molecular weight excluding hydrogens is 168 g/mol. The summed E-state index contributed by atoms with van der Waals surface area (Å²) in [4.78, 5) is 4.04. The van der Waals surface area contributed by atoms with Gasteiger partial charge in [0.15, 0.2) is 5.76 Å². The van der Waals surface area contributed by atoms with Gasteiger partial charge in [-0.3, -0.25) is 0 Å². The third-order valence-corrected chi connectivity index (χ3v) is 1.71. The first-order valence-electron chi connectivity index (χ1n) is 3.98. The van der Waals surface area contributed by atoms with E-state index in [1.165, 1.54) is 0 Å². The Labute approximate surface area is 75.6 Å². The molecule has 1 aromatic heterocycles. The van der Waals surface area contributed by atoms with Crippen molar-refractivity contribution in [3.8, 4) is 0 Å². The molecule has 13 heavy (non-hydrogen) atoms. The van der Waals surface area contributed by atoms with E-state index in [1.807, 2.05) is 0 Å². The van der Waals surface area contributed by atoms with Crippen molar-refractivity contribution in [3.63, 3.8) is 0 Å². The van der Waals surface area contributed by atoms with Gasteiger partial charge in [-0.15, -0.1) is 0 Å². The Hall–Kier alpha value is -1.55. The lowest BCUT2D eigenvalue weighted by atomic mass is 10.2. The summed E-state index contributed by atoms with van der Waals surface area (Å²) < 4.78 is 5.15. The van der Waals surface area contributed by atoms with Crippen molar-refractivity contribution in [3.05, 3.63) is 36.4 Å². The van der Waals surface area contributed by atoms with Crippen LogP contribution in [0.15, 0.2) is 40.1 Å². The number of rotatable bonds is 1. The second-order valence-electron chi connectivity index (χ2n) is 2.97. The van der Waals surface area contributed by atoms with Gasteiger partial charge in [0.1, 0.15) is 5.71 Å². The maximum absolute atomic E-state index is 9.55. The number of nitrogens with one attached hydrogen (secondary N) is 1. The molecule has 0 spiro atoms. The van der Waals surface area contributed by atoms with Gasteiger partial charge in [0.25, 0.3) is 0 Å². The Bertz CT molecular complexity index is 350. The molecule has 4 heteroatoms. The van der Waals surface area contributed by atoms with Crippen LogP contribution in [0.5, 0.6) is 0 Å². The van der Waals surface area contributed by atoms with Crippen LogP contribution in [0.4, 0.5) is 0 Å². The standard InChI is InChI=1S/C9H10N2O2/c1-9(12)10-5-4-7(11-9)8-3-2-6-13-8/h2-6,10,12H,1H3. The zero-order chi connectivity index (χ0) is 9.31. The van der Waals surface area contributed by atoms with E-state index >= 15 is 0 Å². The summed E-state index contributed by atoms with van der Waals surface area (Å²) in [7, 11) is 0. The fourth-order valence-electron chi connectivity index (χ4n) is 1.14. The zero-order valence-electron chi connectivity index (χ0n) is 7.19. The number of aliphatic hydroxyl groups is 1. The molecule has 1 aliphatic rings. The molecule has 1 atom stereocenters. The highest BCUT2D eigenvalue weighted by Crippen LogP contribution is 2.12. The Kier molecular flexibility index (Phi) is 1.70. The monoisotopic (exact) mass is 178 g/mol. The Morgan fingerprint density at radius 3 is 3.08 bits per heavy atom. The van der Waals surface area contributed by atoms with Gasteiger partial charge in [-0.25, -0.2) is 4.99 Å². The van der Waals surface area contributed by atoms with Crippen molar-refractivity contribution >= 4 is 5.71 Å². The van der Waals surface area contributed by atoms with Crippen molar-refractivity contribution in [2.45, 2.75) is 12.8 Å².